The molecule has 0 rings (SSSR count). The van der Waals surface area contributed by atoms with Gasteiger partial charge in [-0.1, -0.05) is 39.0 Å². The third-order valence-electron chi connectivity index (χ3n) is 3.47. The lowest BCUT2D eigenvalue weighted by molar-refractivity contribution is -0.156. The van der Waals surface area contributed by atoms with Gasteiger partial charge >= 0.3 is 5.97 Å². The highest BCUT2D eigenvalue weighted by Crippen LogP contribution is 2.09. The Hall–Kier alpha value is -0.730. The Balaban J connectivity index is 3.80. The lowest BCUT2D eigenvalue weighted by Crippen LogP contribution is -2.47. The first-order valence-electron chi connectivity index (χ1n) is 7.92. The third kappa shape index (κ3) is 9.32. The number of hydrogen-bond acceptors (Lipinski definition) is 7. The molecule has 0 spiro atoms. The number of aliphatic hydroxyl groups excluding tert-OH is 5. The Morgan fingerprint density at radius 3 is 2.05 bits per heavy atom. The summed E-state index contributed by atoms with van der Waals surface area (Å²) in [6.45, 7) is 0.918. The lowest BCUT2D eigenvalue weighted by atomic mass is 10.0. The van der Waals surface area contributed by atoms with Crippen molar-refractivity contribution in [3.8, 4) is 0 Å². The summed E-state index contributed by atoms with van der Waals surface area (Å²) in [4.78, 5) is 11.5. The van der Waals surface area contributed by atoms with Crippen molar-refractivity contribution >= 4 is 5.97 Å². The molecule has 0 saturated heterocycles. The van der Waals surface area contributed by atoms with Crippen molar-refractivity contribution in [3.05, 3.63) is 0 Å². The second kappa shape index (κ2) is 12.8. The minimum absolute atomic E-state index is 0.247. The Bertz CT molecular complexity index is 285. The Labute approximate surface area is 131 Å². The van der Waals surface area contributed by atoms with Crippen molar-refractivity contribution in [3.63, 3.8) is 0 Å². The quantitative estimate of drug-likeness (QED) is 0.233. The van der Waals surface area contributed by atoms with Gasteiger partial charge in [-0.05, 0) is 6.42 Å². The van der Waals surface area contributed by atoms with Crippen LogP contribution in [-0.4, -0.2) is 69.1 Å². The van der Waals surface area contributed by atoms with E-state index >= 15 is 0 Å². The van der Waals surface area contributed by atoms with Crippen molar-refractivity contribution in [1.82, 2.24) is 0 Å². The van der Waals surface area contributed by atoms with Crippen molar-refractivity contribution in [1.29, 1.82) is 0 Å². The maximum atomic E-state index is 11.5. The van der Waals surface area contributed by atoms with Gasteiger partial charge in [-0.25, -0.2) is 0 Å². The van der Waals surface area contributed by atoms with Crippen LogP contribution in [0.5, 0.6) is 0 Å². The van der Waals surface area contributed by atoms with Crippen LogP contribution in [0.3, 0.4) is 0 Å². The first-order chi connectivity index (χ1) is 10.4. The van der Waals surface area contributed by atoms with Crippen LogP contribution in [0.25, 0.3) is 0 Å². The number of esters is 1. The average molecular weight is 322 g/mol. The number of aliphatic hydroxyl groups is 5. The highest BCUT2D eigenvalue weighted by Gasteiger charge is 2.30. The van der Waals surface area contributed by atoms with Gasteiger partial charge in [0.05, 0.1) is 6.61 Å². The molecule has 0 aromatic carbocycles. The Kier molecular flexibility index (Phi) is 12.4. The normalized spacial score (nSPS) is 16.8. The van der Waals surface area contributed by atoms with E-state index in [1.54, 1.807) is 0 Å². The zero-order valence-corrected chi connectivity index (χ0v) is 13.2. The van der Waals surface area contributed by atoms with E-state index < -0.39 is 43.6 Å². The zero-order chi connectivity index (χ0) is 17.0. The fraction of sp³-hybridized carbons (Fsp3) is 0.933. The van der Waals surface area contributed by atoms with E-state index in [9.17, 15) is 20.1 Å². The van der Waals surface area contributed by atoms with Gasteiger partial charge < -0.3 is 30.3 Å². The molecule has 0 aromatic heterocycles. The summed E-state index contributed by atoms with van der Waals surface area (Å²) in [5.41, 5.74) is 0. The van der Waals surface area contributed by atoms with Gasteiger partial charge in [-0.3, -0.25) is 4.79 Å². The molecule has 7 nitrogen and oxygen atoms in total. The van der Waals surface area contributed by atoms with Crippen molar-refractivity contribution in [2.45, 2.75) is 76.3 Å². The summed E-state index contributed by atoms with van der Waals surface area (Å²) in [7, 11) is 0. The molecule has 0 fully saturated rings. The zero-order valence-electron chi connectivity index (χ0n) is 13.2. The molecule has 132 valence electrons. The number of unbranched alkanes of at least 4 members (excludes halogenated alkanes) is 5. The van der Waals surface area contributed by atoms with Gasteiger partial charge in [0, 0.05) is 6.42 Å². The molecule has 22 heavy (non-hydrogen) atoms. The molecule has 0 aliphatic heterocycles. The van der Waals surface area contributed by atoms with Gasteiger partial charge in [0.25, 0.3) is 0 Å². The van der Waals surface area contributed by atoms with Crippen molar-refractivity contribution in [2.75, 3.05) is 13.2 Å². The number of carbonyl (C=O) groups is 1. The molecule has 0 radical (unpaired) electrons. The molecule has 5 N–H and O–H groups in total. The standard InChI is InChI=1S/C15H30O7/c1-2-3-4-5-6-7-8-13(19)22-10-12(18)15(21)14(20)11(17)9-16/h11-12,14-18,20-21H,2-10H2,1H3/t11-,12+,14+,15+/m0/s1. The van der Waals surface area contributed by atoms with Gasteiger partial charge in [0.15, 0.2) is 0 Å². The average Bonchev–Trinajstić information content (AvgIpc) is 2.53. The van der Waals surface area contributed by atoms with Gasteiger partial charge in [-0.15, -0.1) is 0 Å². The number of hydrogen-bond donors (Lipinski definition) is 5. The summed E-state index contributed by atoms with van der Waals surface area (Å²) in [5.74, 6) is -0.473. The predicted octanol–water partition coefficient (Wildman–Crippen LogP) is -0.284. The van der Waals surface area contributed by atoms with Crippen LogP contribution in [0.15, 0.2) is 0 Å². The van der Waals surface area contributed by atoms with E-state index in [2.05, 4.69) is 6.92 Å². The monoisotopic (exact) mass is 322 g/mol. The van der Waals surface area contributed by atoms with E-state index in [0.29, 0.717) is 6.42 Å². The summed E-state index contributed by atoms with van der Waals surface area (Å²) < 4.78 is 4.81. The second-order valence-electron chi connectivity index (χ2n) is 5.50. The minimum Gasteiger partial charge on any atom is -0.463 e. The fourth-order valence-electron chi connectivity index (χ4n) is 1.96. The van der Waals surface area contributed by atoms with Crippen LogP contribution in [0.4, 0.5) is 0 Å². The lowest BCUT2D eigenvalue weighted by Gasteiger charge is -2.25. The Morgan fingerprint density at radius 1 is 0.909 bits per heavy atom. The molecule has 0 unspecified atom stereocenters. The molecule has 0 aliphatic carbocycles. The highest BCUT2D eigenvalue weighted by molar-refractivity contribution is 5.69. The molecule has 0 heterocycles. The number of rotatable bonds is 13. The van der Waals surface area contributed by atoms with Crippen LogP contribution in [0.1, 0.15) is 51.9 Å². The number of ether oxygens (including phenoxy) is 1. The van der Waals surface area contributed by atoms with Gasteiger partial charge in [0.2, 0.25) is 0 Å². The van der Waals surface area contributed by atoms with Crippen LogP contribution in [-0.2, 0) is 9.53 Å². The molecule has 0 amide bonds. The van der Waals surface area contributed by atoms with E-state index in [4.69, 9.17) is 14.9 Å². The summed E-state index contributed by atoms with van der Waals surface area (Å²) in [5, 5.41) is 46.3. The van der Waals surface area contributed by atoms with Crippen molar-refractivity contribution < 1.29 is 35.1 Å². The van der Waals surface area contributed by atoms with Gasteiger partial charge in [0.1, 0.15) is 31.0 Å². The molecule has 7 heteroatoms. The molecule has 0 aliphatic rings. The maximum Gasteiger partial charge on any atom is 0.305 e. The maximum absolute atomic E-state index is 11.5. The predicted molar refractivity (Wildman–Crippen MR) is 80.1 cm³/mol. The van der Waals surface area contributed by atoms with Crippen LogP contribution in [0.2, 0.25) is 0 Å². The van der Waals surface area contributed by atoms with E-state index in [0.717, 1.165) is 19.3 Å². The third-order valence-corrected chi connectivity index (χ3v) is 3.47. The minimum atomic E-state index is -1.71. The second-order valence-corrected chi connectivity index (χ2v) is 5.50. The number of carbonyl (C=O) groups excluding carboxylic acids is 1. The SMILES string of the molecule is CCCCCCCCC(=O)OC[C@@H](O)[C@@H](O)[C@H](O)[C@@H](O)CO. The van der Waals surface area contributed by atoms with E-state index in [1.807, 2.05) is 0 Å². The molecule has 0 bridgehead atoms. The Morgan fingerprint density at radius 2 is 1.45 bits per heavy atom. The topological polar surface area (TPSA) is 127 Å². The molecular formula is C15H30O7. The van der Waals surface area contributed by atoms with Crippen LogP contribution >= 0.6 is 0 Å². The molecule has 0 aromatic rings. The van der Waals surface area contributed by atoms with Crippen LogP contribution in [0, 0.1) is 0 Å². The first-order valence-corrected chi connectivity index (χ1v) is 7.92. The molecular weight excluding hydrogens is 292 g/mol. The van der Waals surface area contributed by atoms with Gasteiger partial charge in [-0.2, -0.15) is 0 Å². The summed E-state index contributed by atoms with van der Waals surface area (Å²) in [6.07, 6.45) is -0.00877. The molecule has 0 saturated carbocycles. The smallest absolute Gasteiger partial charge is 0.305 e. The summed E-state index contributed by atoms with van der Waals surface area (Å²) >= 11 is 0. The molecule has 4 atom stereocenters. The van der Waals surface area contributed by atoms with E-state index in [1.165, 1.54) is 12.8 Å². The van der Waals surface area contributed by atoms with Crippen molar-refractivity contribution in [2.24, 2.45) is 0 Å². The highest BCUT2D eigenvalue weighted by atomic mass is 16.5. The fourth-order valence-corrected chi connectivity index (χ4v) is 1.96. The van der Waals surface area contributed by atoms with E-state index in [-0.39, 0.29) is 6.42 Å². The van der Waals surface area contributed by atoms with Crippen LogP contribution < -0.4 is 0 Å². The summed E-state index contributed by atoms with van der Waals surface area (Å²) in [6, 6.07) is 0. The first kappa shape index (κ1) is 21.3. The largest absolute Gasteiger partial charge is 0.463 e.